The summed E-state index contributed by atoms with van der Waals surface area (Å²) >= 11 is 0. The number of nitrogens with one attached hydrogen (secondary N) is 2. The van der Waals surface area contributed by atoms with Crippen LogP contribution >= 0.6 is 0 Å². The van der Waals surface area contributed by atoms with Crippen molar-refractivity contribution in [3.63, 3.8) is 0 Å². The van der Waals surface area contributed by atoms with Crippen molar-refractivity contribution >= 4 is 22.6 Å². The van der Waals surface area contributed by atoms with E-state index in [1.54, 1.807) is 4.90 Å². The minimum Gasteiger partial charge on any atom is -0.379 e. The molecule has 0 unspecified atom stereocenters. The summed E-state index contributed by atoms with van der Waals surface area (Å²) in [5, 5.41) is 7.94. The van der Waals surface area contributed by atoms with Gasteiger partial charge >= 0.3 is 0 Å². The van der Waals surface area contributed by atoms with Gasteiger partial charge in [0.1, 0.15) is 5.69 Å². The summed E-state index contributed by atoms with van der Waals surface area (Å²) in [6.07, 6.45) is 4.30. The van der Waals surface area contributed by atoms with Crippen LogP contribution in [0.1, 0.15) is 44.0 Å². The van der Waals surface area contributed by atoms with E-state index in [1.165, 1.54) is 17.7 Å². The number of fused-ring (bicyclic) bond motifs is 3. The number of likely N-dealkylation sites (N-methyl/N-ethyl adjacent to an activating group) is 1. The predicted octanol–water partition coefficient (Wildman–Crippen LogP) is 3.32. The molecule has 6 rings (SSSR count). The van der Waals surface area contributed by atoms with Crippen LogP contribution in [0.2, 0.25) is 0 Å². The molecule has 1 saturated carbocycles. The van der Waals surface area contributed by atoms with Crippen LogP contribution in [0.4, 0.5) is 5.69 Å². The van der Waals surface area contributed by atoms with Crippen molar-refractivity contribution in [1.82, 2.24) is 25.1 Å². The zero-order valence-electron chi connectivity index (χ0n) is 20.6. The predicted molar refractivity (Wildman–Crippen MR) is 132 cm³/mol. The summed E-state index contributed by atoms with van der Waals surface area (Å²) in [7, 11) is 1.88. The first-order valence-electron chi connectivity index (χ1n) is 12.6. The fourth-order valence-corrected chi connectivity index (χ4v) is 5.97. The zero-order valence-corrected chi connectivity index (χ0v) is 20.6. The second-order valence-corrected chi connectivity index (χ2v) is 10.6. The Morgan fingerprint density at radius 2 is 2.15 bits per heavy atom. The van der Waals surface area contributed by atoms with Gasteiger partial charge in [0.15, 0.2) is 5.82 Å². The number of anilines is 1. The Balaban J connectivity index is 1.31. The molecule has 0 radical (unpaired) electrons. The number of imidazole rings is 1. The van der Waals surface area contributed by atoms with Crippen LogP contribution in [-0.4, -0.2) is 70.4 Å². The van der Waals surface area contributed by atoms with Crippen molar-refractivity contribution in [2.75, 3.05) is 38.3 Å². The summed E-state index contributed by atoms with van der Waals surface area (Å²) in [5.74, 6) is 1.68. The number of carbonyl (C=O) groups excluding carboxylic acids is 1. The van der Waals surface area contributed by atoms with Gasteiger partial charge in [-0.2, -0.15) is 5.10 Å². The number of carbonyl (C=O) groups is 1. The van der Waals surface area contributed by atoms with E-state index < -0.39 is 0 Å². The average molecular weight is 463 g/mol. The standard InChI is InChI=1S/C26H34N6O2/c1-5-16-10-19-20(12-22(16)31(4)25(33)15(2)32-6-8-34-9-7-32)28-24(27-19)23-18-11-17-13-26(17,3)14-21(18)29-30-23/h10,12,15,17H,5-9,11,13-14H2,1-4H3,(H,27,28)(H,29,30)/t15-,17+,26+/m0/s1. The Hall–Kier alpha value is -2.71. The minimum absolute atomic E-state index is 0.0977. The number of ether oxygens (including phenoxy) is 1. The van der Waals surface area contributed by atoms with Gasteiger partial charge in [-0.3, -0.25) is 14.8 Å². The molecule has 3 atom stereocenters. The lowest BCUT2D eigenvalue weighted by Crippen LogP contribution is -2.50. The molecule has 8 heteroatoms. The molecule has 34 heavy (non-hydrogen) atoms. The Bertz CT molecular complexity index is 1260. The molecular formula is C26H34N6O2. The van der Waals surface area contributed by atoms with Crippen LogP contribution in [-0.2, 0) is 28.8 Å². The maximum atomic E-state index is 13.4. The van der Waals surface area contributed by atoms with E-state index in [-0.39, 0.29) is 11.9 Å². The number of nitrogens with zero attached hydrogens (tertiary/aromatic N) is 4. The fraction of sp³-hybridized carbons (Fsp3) is 0.577. The number of aryl methyl sites for hydroxylation is 1. The van der Waals surface area contributed by atoms with Crippen LogP contribution in [0.25, 0.3) is 22.6 Å². The van der Waals surface area contributed by atoms with Gasteiger partial charge in [-0.1, -0.05) is 13.8 Å². The van der Waals surface area contributed by atoms with Gasteiger partial charge in [-0.25, -0.2) is 4.98 Å². The third kappa shape index (κ3) is 3.46. The van der Waals surface area contributed by atoms with Gasteiger partial charge in [0.2, 0.25) is 5.91 Å². The Labute approximate surface area is 200 Å². The van der Waals surface area contributed by atoms with E-state index in [0.29, 0.717) is 18.6 Å². The number of aromatic amines is 2. The van der Waals surface area contributed by atoms with Gasteiger partial charge in [0.05, 0.1) is 30.3 Å². The summed E-state index contributed by atoms with van der Waals surface area (Å²) in [6, 6.07) is 4.00. The average Bonchev–Trinajstić information content (AvgIpc) is 3.15. The van der Waals surface area contributed by atoms with Crippen LogP contribution in [0, 0.1) is 11.3 Å². The molecule has 2 fully saturated rings. The van der Waals surface area contributed by atoms with Crippen molar-refractivity contribution in [1.29, 1.82) is 0 Å². The highest BCUT2D eigenvalue weighted by atomic mass is 16.5. The SMILES string of the molecule is CCc1cc2[nH]c(-c3n[nH]c4c3C[C@@H]3C[C@]3(C)C4)nc2cc1N(C)C(=O)[C@H](C)N1CCOCC1. The Morgan fingerprint density at radius 1 is 1.35 bits per heavy atom. The molecule has 0 bridgehead atoms. The minimum atomic E-state index is -0.187. The molecule has 1 aliphatic heterocycles. The Kier molecular flexibility index (Phi) is 5.08. The first-order chi connectivity index (χ1) is 16.4. The van der Waals surface area contributed by atoms with Crippen molar-refractivity contribution < 1.29 is 9.53 Å². The topological polar surface area (TPSA) is 90.1 Å². The first kappa shape index (κ1) is 21.8. The summed E-state index contributed by atoms with van der Waals surface area (Å²) in [6.45, 7) is 9.44. The first-order valence-corrected chi connectivity index (χ1v) is 12.6. The van der Waals surface area contributed by atoms with E-state index in [2.05, 4.69) is 46.1 Å². The van der Waals surface area contributed by atoms with E-state index in [9.17, 15) is 4.79 Å². The summed E-state index contributed by atoms with van der Waals surface area (Å²) < 4.78 is 5.45. The maximum Gasteiger partial charge on any atom is 0.243 e. The molecule has 2 aliphatic carbocycles. The van der Waals surface area contributed by atoms with Gasteiger partial charge < -0.3 is 14.6 Å². The second kappa shape index (κ2) is 7.92. The molecule has 2 N–H and O–H groups in total. The molecular weight excluding hydrogens is 428 g/mol. The van der Waals surface area contributed by atoms with Gasteiger partial charge in [0, 0.05) is 37.1 Å². The molecule has 1 aromatic carbocycles. The summed E-state index contributed by atoms with van der Waals surface area (Å²) in [4.78, 5) is 25.8. The van der Waals surface area contributed by atoms with Crippen LogP contribution in [0.15, 0.2) is 12.1 Å². The van der Waals surface area contributed by atoms with E-state index in [0.717, 1.165) is 72.1 Å². The molecule has 1 amide bonds. The molecule has 0 spiro atoms. The lowest BCUT2D eigenvalue weighted by atomic mass is 9.88. The number of rotatable bonds is 5. The van der Waals surface area contributed by atoms with Gasteiger partial charge in [-0.05, 0) is 61.6 Å². The highest BCUT2D eigenvalue weighted by Gasteiger charge is 2.53. The van der Waals surface area contributed by atoms with Crippen molar-refractivity contribution in [3.05, 3.63) is 29.0 Å². The normalized spacial score (nSPS) is 25.1. The van der Waals surface area contributed by atoms with E-state index >= 15 is 0 Å². The highest BCUT2D eigenvalue weighted by Crippen LogP contribution is 2.59. The monoisotopic (exact) mass is 462 g/mol. The molecule has 8 nitrogen and oxygen atoms in total. The smallest absolute Gasteiger partial charge is 0.243 e. The van der Waals surface area contributed by atoms with Gasteiger partial charge in [0.25, 0.3) is 0 Å². The summed E-state index contributed by atoms with van der Waals surface area (Å²) in [5.41, 5.74) is 7.91. The fourth-order valence-electron chi connectivity index (χ4n) is 5.97. The number of benzene rings is 1. The number of amides is 1. The number of hydrogen-bond donors (Lipinski definition) is 2. The van der Waals surface area contributed by atoms with Crippen molar-refractivity contribution in [2.45, 2.75) is 52.5 Å². The Morgan fingerprint density at radius 3 is 2.91 bits per heavy atom. The van der Waals surface area contributed by atoms with E-state index in [4.69, 9.17) is 9.72 Å². The second-order valence-electron chi connectivity index (χ2n) is 10.6. The third-order valence-corrected chi connectivity index (χ3v) is 8.45. The maximum absolute atomic E-state index is 13.4. The number of aromatic nitrogens is 4. The molecule has 180 valence electrons. The zero-order chi connectivity index (χ0) is 23.6. The quantitative estimate of drug-likeness (QED) is 0.607. The van der Waals surface area contributed by atoms with E-state index in [1.807, 2.05) is 14.0 Å². The lowest BCUT2D eigenvalue weighted by molar-refractivity contribution is -0.124. The lowest BCUT2D eigenvalue weighted by Gasteiger charge is -2.34. The molecule has 3 aromatic rings. The van der Waals surface area contributed by atoms with Crippen molar-refractivity contribution in [2.24, 2.45) is 11.3 Å². The molecule has 1 saturated heterocycles. The van der Waals surface area contributed by atoms with Crippen LogP contribution < -0.4 is 4.90 Å². The van der Waals surface area contributed by atoms with Gasteiger partial charge in [-0.15, -0.1) is 0 Å². The number of morpholine rings is 1. The molecule has 3 heterocycles. The largest absolute Gasteiger partial charge is 0.379 e. The molecule has 2 aromatic heterocycles. The third-order valence-electron chi connectivity index (χ3n) is 8.45. The van der Waals surface area contributed by atoms with Crippen molar-refractivity contribution in [3.8, 4) is 11.5 Å². The number of hydrogen-bond acceptors (Lipinski definition) is 5. The molecule has 3 aliphatic rings. The van der Waals surface area contributed by atoms with Crippen LogP contribution in [0.3, 0.4) is 0 Å². The number of H-pyrrole nitrogens is 2. The highest BCUT2D eigenvalue weighted by molar-refractivity contribution is 5.99. The van der Waals surface area contributed by atoms with Crippen LogP contribution in [0.5, 0.6) is 0 Å².